The van der Waals surface area contributed by atoms with Crippen LogP contribution in [-0.2, 0) is 29.0 Å². The van der Waals surface area contributed by atoms with Crippen LogP contribution in [0.4, 0.5) is 14.4 Å². The summed E-state index contributed by atoms with van der Waals surface area (Å²) in [5.41, 5.74) is 7.60. The third kappa shape index (κ3) is 12.6. The number of amides is 6. The number of rotatable bonds is 17. The highest BCUT2D eigenvalue weighted by molar-refractivity contribution is 5.91. The Bertz CT molecular complexity index is 2010. The molecule has 1 fully saturated rings. The summed E-state index contributed by atoms with van der Waals surface area (Å²) in [6.45, 7) is 12.8. The SMILES string of the molecule is CCC(C)C(C(=O)NC(Cc1ccccc1)C(O)CN(Cc1ccc(-c2ccccn2)cc1)NC(=O)N(CC(C)(C)C)C(=O)OC)N1CCN(Cc2ccc(C)nc2)C1=O. The van der Waals surface area contributed by atoms with Gasteiger partial charge in [0.2, 0.25) is 5.91 Å². The first-order valence-electron chi connectivity index (χ1n) is 20.6. The maximum Gasteiger partial charge on any atom is 0.417 e. The fourth-order valence-corrected chi connectivity index (χ4v) is 7.21. The number of hydrazine groups is 1. The standard InChI is InChI=1S/C46H60N8O6/c1-8-32(2)41(53-25-24-51(44(53)58)28-36-18-17-33(3)48-27-36)42(56)49-39(26-34-14-10-9-11-15-34)40(55)30-52(50-43(57)54(45(59)60-7)31-46(4,5)6)29-35-19-21-37(22-20-35)38-16-12-13-23-47-38/h9-23,27,32,39-41,55H,8,24-26,28-31H2,1-7H3,(H,49,56)(H,50,57). The van der Waals surface area contributed by atoms with Crippen LogP contribution in [0.25, 0.3) is 11.3 Å². The van der Waals surface area contributed by atoms with E-state index < -0.39 is 35.7 Å². The number of ether oxygens (including phenoxy) is 1. The van der Waals surface area contributed by atoms with Gasteiger partial charge in [-0.2, -0.15) is 0 Å². The maximum absolute atomic E-state index is 14.5. The number of hydrogen-bond acceptors (Lipinski definition) is 9. The number of carbonyl (C=O) groups excluding carboxylic acids is 4. The first-order valence-corrected chi connectivity index (χ1v) is 20.6. The highest BCUT2D eigenvalue weighted by Gasteiger charge is 2.41. The molecule has 2 aromatic carbocycles. The minimum atomic E-state index is -1.23. The van der Waals surface area contributed by atoms with Crippen LogP contribution in [0.2, 0.25) is 0 Å². The third-order valence-electron chi connectivity index (χ3n) is 10.6. The number of nitrogens with one attached hydrogen (secondary N) is 2. The highest BCUT2D eigenvalue weighted by Crippen LogP contribution is 2.24. The summed E-state index contributed by atoms with van der Waals surface area (Å²) in [5, 5.41) is 16.8. The van der Waals surface area contributed by atoms with Gasteiger partial charge < -0.3 is 25.0 Å². The van der Waals surface area contributed by atoms with E-state index >= 15 is 0 Å². The van der Waals surface area contributed by atoms with Gasteiger partial charge in [-0.25, -0.2) is 24.3 Å². The van der Waals surface area contributed by atoms with Gasteiger partial charge in [-0.1, -0.05) is 108 Å². The van der Waals surface area contributed by atoms with Crippen LogP contribution in [0.5, 0.6) is 0 Å². The minimum Gasteiger partial charge on any atom is -0.452 e. The molecule has 3 heterocycles. The van der Waals surface area contributed by atoms with Gasteiger partial charge in [-0.05, 0) is 59.6 Å². The van der Waals surface area contributed by atoms with Crippen LogP contribution >= 0.6 is 0 Å². The lowest BCUT2D eigenvalue weighted by molar-refractivity contribution is -0.128. The maximum atomic E-state index is 14.5. The number of aliphatic hydroxyl groups excluding tert-OH is 1. The van der Waals surface area contributed by atoms with E-state index in [9.17, 15) is 24.3 Å². The summed E-state index contributed by atoms with van der Waals surface area (Å²) in [4.78, 5) is 68.4. The van der Waals surface area contributed by atoms with Crippen molar-refractivity contribution in [3.8, 4) is 11.3 Å². The van der Waals surface area contributed by atoms with Crippen molar-refractivity contribution in [1.82, 2.24) is 40.4 Å². The monoisotopic (exact) mass is 820 g/mol. The summed E-state index contributed by atoms with van der Waals surface area (Å²) in [5.74, 6) is -0.569. The molecule has 3 N–H and O–H groups in total. The summed E-state index contributed by atoms with van der Waals surface area (Å²) >= 11 is 0. The Balaban J connectivity index is 1.41. The van der Waals surface area contributed by atoms with Crippen LogP contribution in [0.1, 0.15) is 63.4 Å². The Morgan fingerprint density at radius 1 is 0.917 bits per heavy atom. The zero-order valence-electron chi connectivity index (χ0n) is 35.9. The van der Waals surface area contributed by atoms with Crippen molar-refractivity contribution in [2.24, 2.45) is 11.3 Å². The number of aliphatic hydroxyl groups is 1. The molecule has 1 saturated heterocycles. The third-order valence-corrected chi connectivity index (χ3v) is 10.6. The van der Waals surface area contributed by atoms with E-state index in [0.29, 0.717) is 26.1 Å². The van der Waals surface area contributed by atoms with E-state index in [1.165, 1.54) is 7.11 Å². The largest absolute Gasteiger partial charge is 0.452 e. The van der Waals surface area contributed by atoms with Gasteiger partial charge in [0.25, 0.3) is 0 Å². The van der Waals surface area contributed by atoms with Crippen molar-refractivity contribution in [3.05, 3.63) is 120 Å². The van der Waals surface area contributed by atoms with Crippen LogP contribution in [0.3, 0.4) is 0 Å². The fourth-order valence-electron chi connectivity index (χ4n) is 7.21. The topological polar surface area (TPSA) is 161 Å². The zero-order valence-corrected chi connectivity index (χ0v) is 35.9. The summed E-state index contributed by atoms with van der Waals surface area (Å²) < 4.78 is 4.98. The van der Waals surface area contributed by atoms with Crippen molar-refractivity contribution < 1.29 is 29.0 Å². The molecular weight excluding hydrogens is 761 g/mol. The molecule has 2 aromatic heterocycles. The number of carbonyl (C=O) groups is 4. The molecule has 0 radical (unpaired) electrons. The van der Waals surface area contributed by atoms with Crippen molar-refractivity contribution in [3.63, 3.8) is 0 Å². The molecule has 6 amide bonds. The van der Waals surface area contributed by atoms with Gasteiger partial charge in [-0.15, -0.1) is 0 Å². The van der Waals surface area contributed by atoms with Gasteiger partial charge >= 0.3 is 18.2 Å². The number of hydrogen-bond donors (Lipinski definition) is 3. The number of aryl methyl sites for hydroxylation is 1. The van der Waals surface area contributed by atoms with Gasteiger partial charge in [0, 0.05) is 62.9 Å². The zero-order chi connectivity index (χ0) is 43.4. The predicted molar refractivity (Wildman–Crippen MR) is 230 cm³/mol. The van der Waals surface area contributed by atoms with E-state index in [4.69, 9.17) is 4.74 Å². The molecule has 0 saturated carbocycles. The number of imide groups is 1. The van der Waals surface area contributed by atoms with Crippen LogP contribution in [-0.4, -0.2) is 110 Å². The predicted octanol–water partition coefficient (Wildman–Crippen LogP) is 6.43. The molecular formula is C46H60N8O6. The van der Waals surface area contributed by atoms with E-state index in [1.54, 1.807) is 27.2 Å². The number of methoxy groups -OCH3 is 1. The second kappa shape index (κ2) is 20.9. The van der Waals surface area contributed by atoms with Gasteiger partial charge in [-0.3, -0.25) is 20.2 Å². The molecule has 320 valence electrons. The lowest BCUT2D eigenvalue weighted by Crippen LogP contribution is -2.59. The van der Waals surface area contributed by atoms with Crippen molar-refractivity contribution >= 4 is 24.1 Å². The summed E-state index contributed by atoms with van der Waals surface area (Å²) in [6.07, 6.45) is 2.35. The lowest BCUT2D eigenvalue weighted by Gasteiger charge is -2.35. The molecule has 5 rings (SSSR count). The Morgan fingerprint density at radius 3 is 2.23 bits per heavy atom. The molecule has 4 aromatic rings. The van der Waals surface area contributed by atoms with E-state index in [-0.39, 0.29) is 43.9 Å². The van der Waals surface area contributed by atoms with Crippen LogP contribution in [0.15, 0.2) is 97.3 Å². The Kier molecular flexibility index (Phi) is 15.8. The normalized spacial score (nSPS) is 15.0. The average Bonchev–Trinajstić information content (AvgIpc) is 3.58. The van der Waals surface area contributed by atoms with Crippen LogP contribution in [0, 0.1) is 18.3 Å². The van der Waals surface area contributed by atoms with Gasteiger partial charge in [0.05, 0.1) is 24.9 Å². The summed E-state index contributed by atoms with van der Waals surface area (Å²) in [7, 11) is 1.22. The number of urea groups is 2. The second-order valence-electron chi connectivity index (χ2n) is 16.7. The molecule has 1 aliphatic rings. The fraction of sp³-hybridized carbons (Fsp3) is 0.435. The molecule has 14 nitrogen and oxygen atoms in total. The van der Waals surface area contributed by atoms with E-state index in [2.05, 4.69) is 20.7 Å². The first-order chi connectivity index (χ1) is 28.6. The van der Waals surface area contributed by atoms with E-state index in [1.807, 2.05) is 126 Å². The molecule has 0 bridgehead atoms. The smallest absolute Gasteiger partial charge is 0.417 e. The molecule has 1 aliphatic heterocycles. The van der Waals surface area contributed by atoms with Crippen molar-refractivity contribution in [2.75, 3.05) is 33.3 Å². The van der Waals surface area contributed by atoms with Crippen molar-refractivity contribution in [2.45, 2.75) is 85.7 Å². The van der Waals surface area contributed by atoms with Crippen molar-refractivity contribution in [1.29, 1.82) is 0 Å². The number of aromatic nitrogens is 2. The van der Waals surface area contributed by atoms with Gasteiger partial charge in [0.15, 0.2) is 0 Å². The number of nitrogens with zero attached hydrogens (tertiary/aromatic N) is 6. The molecule has 4 unspecified atom stereocenters. The minimum absolute atomic E-state index is 0.0684. The Labute approximate surface area is 353 Å². The number of pyridine rings is 2. The van der Waals surface area contributed by atoms with E-state index in [0.717, 1.165) is 38.5 Å². The molecule has 0 spiro atoms. The Morgan fingerprint density at radius 2 is 1.62 bits per heavy atom. The first kappa shape index (κ1) is 45.2. The highest BCUT2D eigenvalue weighted by atomic mass is 16.5. The average molecular weight is 821 g/mol. The number of benzene rings is 2. The lowest BCUT2D eigenvalue weighted by atomic mass is 9.95. The summed E-state index contributed by atoms with van der Waals surface area (Å²) in [6, 6.07) is 24.1. The molecule has 0 aliphatic carbocycles. The quantitative estimate of drug-likeness (QED) is 0.102. The molecule has 60 heavy (non-hydrogen) atoms. The molecule has 14 heteroatoms. The van der Waals surface area contributed by atoms with Gasteiger partial charge in [0.1, 0.15) is 6.04 Å². The molecule has 4 atom stereocenters. The Hall–Kier alpha value is -5.86. The second-order valence-corrected chi connectivity index (χ2v) is 16.7. The van der Waals surface area contributed by atoms with Crippen LogP contribution < -0.4 is 10.7 Å².